The number of hydrogen-bond acceptors (Lipinski definition) is 4. The summed E-state index contributed by atoms with van der Waals surface area (Å²) in [7, 11) is 0. The molecule has 0 spiro atoms. The molecule has 0 saturated carbocycles. The molecule has 3 N–H and O–H groups in total. The van der Waals surface area contributed by atoms with Crippen molar-refractivity contribution in [2.24, 2.45) is 5.84 Å². The molecule has 1 saturated heterocycles. The molecule has 1 rings (SSSR count). The first-order valence-electron chi connectivity index (χ1n) is 4.08. The number of nitrogens with one attached hydrogen (secondary N) is 1. The van der Waals surface area contributed by atoms with Crippen molar-refractivity contribution in [2.75, 3.05) is 26.3 Å². The maximum Gasteiger partial charge on any atom is 0.250 e. The van der Waals surface area contributed by atoms with Gasteiger partial charge in [-0.05, 0) is 6.92 Å². The molecule has 14 heavy (non-hydrogen) atoms. The zero-order chi connectivity index (χ0) is 8.97. The third-order valence-corrected chi connectivity index (χ3v) is 2.12. The van der Waals surface area contributed by atoms with E-state index in [-0.39, 0.29) is 36.8 Å². The van der Waals surface area contributed by atoms with Gasteiger partial charge in [0, 0.05) is 13.1 Å². The number of ether oxygens (including phenoxy) is 1. The highest BCUT2D eigenvalue weighted by molar-refractivity contribution is 5.85. The summed E-state index contributed by atoms with van der Waals surface area (Å²) >= 11 is 0. The SMILES string of the molecule is CC(C(=O)NN)N1CCOCC1.Cl.Cl. The monoisotopic (exact) mass is 245 g/mol. The normalized spacial score (nSPS) is 18.7. The van der Waals surface area contributed by atoms with Crippen LogP contribution < -0.4 is 11.3 Å². The molecular formula is C7H17Cl2N3O2. The van der Waals surface area contributed by atoms with Gasteiger partial charge in [-0.3, -0.25) is 15.1 Å². The zero-order valence-corrected chi connectivity index (χ0v) is 9.70. The van der Waals surface area contributed by atoms with E-state index in [4.69, 9.17) is 10.6 Å². The van der Waals surface area contributed by atoms with E-state index >= 15 is 0 Å². The maximum atomic E-state index is 11.1. The van der Waals surface area contributed by atoms with Gasteiger partial charge in [0.1, 0.15) is 0 Å². The fourth-order valence-corrected chi connectivity index (χ4v) is 1.25. The Morgan fingerprint density at radius 3 is 2.36 bits per heavy atom. The van der Waals surface area contributed by atoms with Crippen LogP contribution in [-0.4, -0.2) is 43.2 Å². The quantitative estimate of drug-likeness (QED) is 0.393. The lowest BCUT2D eigenvalue weighted by Crippen LogP contribution is -2.51. The third kappa shape index (κ3) is 4.43. The van der Waals surface area contributed by atoms with E-state index < -0.39 is 0 Å². The van der Waals surface area contributed by atoms with E-state index in [0.29, 0.717) is 13.2 Å². The molecule has 0 aromatic heterocycles. The second-order valence-electron chi connectivity index (χ2n) is 2.83. The van der Waals surface area contributed by atoms with Gasteiger partial charge in [0.2, 0.25) is 0 Å². The standard InChI is InChI=1S/C7H15N3O2.2ClH/c1-6(7(11)9-8)10-2-4-12-5-3-10;;/h6H,2-5,8H2,1H3,(H,9,11);2*1H. The van der Waals surface area contributed by atoms with E-state index in [2.05, 4.69) is 5.43 Å². The first-order valence-corrected chi connectivity index (χ1v) is 4.08. The minimum Gasteiger partial charge on any atom is -0.379 e. The molecule has 0 bridgehead atoms. The molecule has 1 heterocycles. The van der Waals surface area contributed by atoms with Crippen molar-refractivity contribution in [3.05, 3.63) is 0 Å². The number of carbonyl (C=O) groups excluding carboxylic acids is 1. The van der Waals surface area contributed by atoms with Crippen LogP contribution in [0.5, 0.6) is 0 Å². The molecule has 1 fully saturated rings. The van der Waals surface area contributed by atoms with Crippen LogP contribution in [0.1, 0.15) is 6.92 Å². The zero-order valence-electron chi connectivity index (χ0n) is 8.06. The summed E-state index contributed by atoms with van der Waals surface area (Å²) in [5, 5.41) is 0. The Morgan fingerprint density at radius 2 is 1.93 bits per heavy atom. The van der Waals surface area contributed by atoms with E-state index in [9.17, 15) is 4.79 Å². The van der Waals surface area contributed by atoms with Gasteiger partial charge in [-0.1, -0.05) is 0 Å². The van der Waals surface area contributed by atoms with Gasteiger partial charge in [0.25, 0.3) is 5.91 Å². The maximum absolute atomic E-state index is 11.1. The molecule has 0 aliphatic carbocycles. The molecule has 1 atom stereocenters. The summed E-state index contributed by atoms with van der Waals surface area (Å²) in [5.74, 6) is 4.88. The van der Waals surface area contributed by atoms with Gasteiger partial charge in [0.15, 0.2) is 0 Å². The lowest BCUT2D eigenvalue weighted by molar-refractivity contribution is -0.127. The number of amides is 1. The predicted molar refractivity (Wildman–Crippen MR) is 58.7 cm³/mol. The number of morpholine rings is 1. The van der Waals surface area contributed by atoms with Crippen molar-refractivity contribution < 1.29 is 9.53 Å². The molecule has 86 valence electrons. The van der Waals surface area contributed by atoms with E-state index in [1.54, 1.807) is 0 Å². The number of nitrogens with zero attached hydrogens (tertiary/aromatic N) is 1. The smallest absolute Gasteiger partial charge is 0.250 e. The van der Waals surface area contributed by atoms with Crippen molar-refractivity contribution in [2.45, 2.75) is 13.0 Å². The Bertz CT molecular complexity index is 165. The lowest BCUT2D eigenvalue weighted by Gasteiger charge is -2.30. The number of hydrogen-bond donors (Lipinski definition) is 2. The van der Waals surface area contributed by atoms with Crippen LogP contribution in [0.3, 0.4) is 0 Å². The van der Waals surface area contributed by atoms with Crippen LogP contribution in [-0.2, 0) is 9.53 Å². The number of halogens is 2. The number of hydrazine groups is 1. The van der Waals surface area contributed by atoms with Gasteiger partial charge < -0.3 is 4.74 Å². The van der Waals surface area contributed by atoms with Crippen LogP contribution in [0.25, 0.3) is 0 Å². The molecule has 0 aromatic rings. The van der Waals surface area contributed by atoms with Gasteiger partial charge in [0.05, 0.1) is 19.3 Å². The minimum absolute atomic E-state index is 0. The average molecular weight is 246 g/mol. The highest BCUT2D eigenvalue weighted by atomic mass is 35.5. The Kier molecular flexibility index (Phi) is 9.65. The molecule has 0 aromatic carbocycles. The summed E-state index contributed by atoms with van der Waals surface area (Å²) in [4.78, 5) is 13.1. The van der Waals surface area contributed by atoms with E-state index in [1.165, 1.54) is 0 Å². The summed E-state index contributed by atoms with van der Waals surface area (Å²) in [6.45, 7) is 4.83. The van der Waals surface area contributed by atoms with Crippen molar-refractivity contribution in [1.82, 2.24) is 10.3 Å². The fraction of sp³-hybridized carbons (Fsp3) is 0.857. The summed E-state index contributed by atoms with van der Waals surface area (Å²) < 4.78 is 5.16. The van der Waals surface area contributed by atoms with Crippen LogP contribution >= 0.6 is 24.8 Å². The van der Waals surface area contributed by atoms with Crippen molar-refractivity contribution >= 4 is 30.7 Å². The lowest BCUT2D eigenvalue weighted by atomic mass is 10.2. The second-order valence-corrected chi connectivity index (χ2v) is 2.83. The highest BCUT2D eigenvalue weighted by Gasteiger charge is 2.21. The molecule has 1 unspecified atom stereocenters. The van der Waals surface area contributed by atoms with Crippen LogP contribution in [0, 0.1) is 0 Å². The minimum atomic E-state index is -0.154. The second kappa shape index (κ2) is 8.26. The van der Waals surface area contributed by atoms with Gasteiger partial charge in [-0.15, -0.1) is 24.8 Å². The van der Waals surface area contributed by atoms with Gasteiger partial charge in [-0.2, -0.15) is 0 Å². The molecule has 1 amide bonds. The highest BCUT2D eigenvalue weighted by Crippen LogP contribution is 2.02. The van der Waals surface area contributed by atoms with Gasteiger partial charge in [-0.25, -0.2) is 5.84 Å². The number of nitrogens with two attached hydrogens (primary N) is 1. The van der Waals surface area contributed by atoms with E-state index in [1.807, 2.05) is 11.8 Å². The average Bonchev–Trinajstić information content (AvgIpc) is 2.17. The third-order valence-electron chi connectivity index (χ3n) is 2.12. The van der Waals surface area contributed by atoms with Crippen molar-refractivity contribution in [1.29, 1.82) is 0 Å². The molecule has 7 heteroatoms. The van der Waals surface area contributed by atoms with Crippen molar-refractivity contribution in [3.8, 4) is 0 Å². The summed E-state index contributed by atoms with van der Waals surface area (Å²) in [5.41, 5.74) is 2.14. The first-order chi connectivity index (χ1) is 5.75. The van der Waals surface area contributed by atoms with E-state index in [0.717, 1.165) is 13.1 Å². The topological polar surface area (TPSA) is 67.6 Å². The molecule has 1 aliphatic rings. The molecule has 1 aliphatic heterocycles. The first kappa shape index (κ1) is 16.4. The van der Waals surface area contributed by atoms with Crippen LogP contribution in [0.15, 0.2) is 0 Å². The Morgan fingerprint density at radius 1 is 1.43 bits per heavy atom. The Labute approximate surface area is 96.1 Å². The summed E-state index contributed by atoms with van der Waals surface area (Å²) in [6, 6.07) is -0.154. The number of carbonyl (C=O) groups is 1. The molecule has 5 nitrogen and oxygen atoms in total. The molecule has 0 radical (unpaired) electrons. The Hall–Kier alpha value is -0.0700. The summed E-state index contributed by atoms with van der Waals surface area (Å²) in [6.07, 6.45) is 0. The van der Waals surface area contributed by atoms with Crippen LogP contribution in [0.4, 0.5) is 0 Å². The fourth-order valence-electron chi connectivity index (χ4n) is 1.25. The number of rotatable bonds is 2. The Balaban J connectivity index is 0. The molecular weight excluding hydrogens is 229 g/mol. The van der Waals surface area contributed by atoms with Gasteiger partial charge >= 0.3 is 0 Å². The predicted octanol–water partition coefficient (Wildman–Crippen LogP) is -0.459. The van der Waals surface area contributed by atoms with Crippen LogP contribution in [0.2, 0.25) is 0 Å². The van der Waals surface area contributed by atoms with Crippen molar-refractivity contribution in [3.63, 3.8) is 0 Å². The largest absolute Gasteiger partial charge is 0.379 e.